The summed E-state index contributed by atoms with van der Waals surface area (Å²) in [6.07, 6.45) is 0. The van der Waals surface area contributed by atoms with E-state index in [2.05, 4.69) is 20.8 Å². The largest absolute Gasteiger partial charge is 0.378 e. The number of hydrogen-bond acceptors (Lipinski definition) is 7. The van der Waals surface area contributed by atoms with Crippen molar-refractivity contribution >= 4 is 46.3 Å². The molecule has 2 aromatic carbocycles. The normalized spacial score (nSPS) is 11.7. The van der Waals surface area contributed by atoms with Gasteiger partial charge in [-0.25, -0.2) is 0 Å². The second-order valence-corrected chi connectivity index (χ2v) is 8.30. The van der Waals surface area contributed by atoms with E-state index in [9.17, 15) is 14.9 Å². The van der Waals surface area contributed by atoms with Crippen LogP contribution in [0.5, 0.6) is 0 Å². The Hall–Kier alpha value is -3.11. The van der Waals surface area contributed by atoms with Gasteiger partial charge in [0.05, 0.1) is 16.7 Å². The first kappa shape index (κ1) is 22.6. The molecule has 1 heterocycles. The van der Waals surface area contributed by atoms with Gasteiger partial charge in [-0.2, -0.15) is 0 Å². The van der Waals surface area contributed by atoms with Crippen molar-refractivity contribution < 1.29 is 9.72 Å². The number of benzene rings is 2. The van der Waals surface area contributed by atoms with E-state index in [0.717, 1.165) is 11.5 Å². The highest BCUT2D eigenvalue weighted by molar-refractivity contribution is 8.00. The van der Waals surface area contributed by atoms with Crippen LogP contribution < -0.4 is 10.6 Å². The first-order valence-corrected chi connectivity index (χ1v) is 10.8. The minimum Gasteiger partial charge on any atom is -0.378 e. The van der Waals surface area contributed by atoms with Crippen molar-refractivity contribution in [3.63, 3.8) is 0 Å². The molecule has 0 aliphatic heterocycles. The number of aromatic nitrogens is 3. The monoisotopic (exact) mass is 460 g/mol. The van der Waals surface area contributed by atoms with E-state index in [-0.39, 0.29) is 11.6 Å². The summed E-state index contributed by atoms with van der Waals surface area (Å²) in [6.45, 7) is 4.87. The van der Waals surface area contributed by atoms with E-state index in [0.29, 0.717) is 29.0 Å². The molecule has 3 rings (SSSR count). The predicted molar refractivity (Wildman–Crippen MR) is 122 cm³/mol. The highest BCUT2D eigenvalue weighted by Crippen LogP contribution is 2.24. The third-order valence-electron chi connectivity index (χ3n) is 4.38. The molecule has 3 aromatic rings. The predicted octanol–water partition coefficient (Wildman–Crippen LogP) is 4.59. The van der Waals surface area contributed by atoms with Crippen LogP contribution in [0.25, 0.3) is 0 Å². The van der Waals surface area contributed by atoms with Gasteiger partial charge < -0.3 is 15.2 Å². The Kier molecular flexibility index (Phi) is 7.48. The molecular formula is C20H21ClN6O3S. The molecular weight excluding hydrogens is 440 g/mol. The van der Waals surface area contributed by atoms with Gasteiger partial charge in [0, 0.05) is 35.1 Å². The molecule has 2 N–H and O–H groups in total. The molecule has 1 aromatic heterocycles. The van der Waals surface area contributed by atoms with Gasteiger partial charge in [0.1, 0.15) is 0 Å². The van der Waals surface area contributed by atoms with Crippen molar-refractivity contribution in [2.75, 3.05) is 10.6 Å². The summed E-state index contributed by atoms with van der Waals surface area (Å²) in [6, 6.07) is 13.1. The smallest absolute Gasteiger partial charge is 0.269 e. The second kappa shape index (κ2) is 10.3. The maximum Gasteiger partial charge on any atom is 0.269 e. The van der Waals surface area contributed by atoms with Crippen LogP contribution >= 0.6 is 23.4 Å². The molecule has 1 amide bonds. The summed E-state index contributed by atoms with van der Waals surface area (Å²) >= 11 is 7.31. The molecule has 0 bridgehead atoms. The van der Waals surface area contributed by atoms with Gasteiger partial charge in [-0.3, -0.25) is 14.9 Å². The summed E-state index contributed by atoms with van der Waals surface area (Å²) < 4.78 is 1.94. The Labute approximate surface area is 188 Å². The zero-order valence-corrected chi connectivity index (χ0v) is 18.5. The number of non-ortho nitro benzene ring substituents is 1. The van der Waals surface area contributed by atoms with Gasteiger partial charge in [0.2, 0.25) is 5.91 Å². The molecule has 0 saturated heterocycles. The van der Waals surface area contributed by atoms with E-state index in [1.165, 1.54) is 36.0 Å². The van der Waals surface area contributed by atoms with Gasteiger partial charge >= 0.3 is 0 Å². The van der Waals surface area contributed by atoms with E-state index < -0.39 is 10.2 Å². The number of halogens is 1. The molecule has 0 saturated carbocycles. The SMILES string of the molecule is CCn1c(CNc2cccc(Cl)c2)nnc1S[C@@H](C)C(=O)Nc1ccc([N+](=O)[O-])cc1. The van der Waals surface area contributed by atoms with E-state index in [1.807, 2.05) is 29.7 Å². The summed E-state index contributed by atoms with van der Waals surface area (Å²) in [4.78, 5) is 22.8. The van der Waals surface area contributed by atoms with Crippen LogP contribution in [0.4, 0.5) is 17.1 Å². The van der Waals surface area contributed by atoms with Crippen molar-refractivity contribution in [1.29, 1.82) is 0 Å². The number of nitrogens with one attached hydrogen (secondary N) is 2. The number of anilines is 2. The highest BCUT2D eigenvalue weighted by atomic mass is 35.5. The topological polar surface area (TPSA) is 115 Å². The first-order valence-electron chi connectivity index (χ1n) is 9.51. The number of thioether (sulfide) groups is 1. The fraction of sp³-hybridized carbons (Fsp3) is 0.250. The molecule has 162 valence electrons. The number of carbonyl (C=O) groups excluding carboxylic acids is 1. The highest BCUT2D eigenvalue weighted by Gasteiger charge is 2.20. The number of carbonyl (C=O) groups is 1. The molecule has 1 atom stereocenters. The molecule has 9 nitrogen and oxygen atoms in total. The molecule has 31 heavy (non-hydrogen) atoms. The standard InChI is InChI=1S/C20H21ClN6O3S/c1-3-26-18(12-22-16-6-4-5-14(21)11-16)24-25-20(26)31-13(2)19(28)23-15-7-9-17(10-8-15)27(29)30/h4-11,13,22H,3,12H2,1-2H3,(H,23,28)/t13-/m0/s1. The van der Waals surface area contributed by atoms with Gasteiger partial charge in [-0.15, -0.1) is 10.2 Å². The zero-order valence-electron chi connectivity index (χ0n) is 16.9. The lowest BCUT2D eigenvalue weighted by atomic mass is 10.3. The fourth-order valence-corrected chi connectivity index (χ4v) is 3.88. The Bertz CT molecular complexity index is 1070. The van der Waals surface area contributed by atoms with Crippen LogP contribution in [-0.4, -0.2) is 30.8 Å². The molecule has 11 heteroatoms. The van der Waals surface area contributed by atoms with Gasteiger partial charge in [-0.1, -0.05) is 29.4 Å². The summed E-state index contributed by atoms with van der Waals surface area (Å²) in [5.41, 5.74) is 1.34. The van der Waals surface area contributed by atoms with Gasteiger partial charge in [0.15, 0.2) is 11.0 Å². The zero-order chi connectivity index (χ0) is 22.4. The number of hydrogen-bond donors (Lipinski definition) is 2. The lowest BCUT2D eigenvalue weighted by molar-refractivity contribution is -0.384. The minimum absolute atomic E-state index is 0.0321. The lowest BCUT2D eigenvalue weighted by Gasteiger charge is -2.13. The van der Waals surface area contributed by atoms with Crippen molar-refractivity contribution in [2.45, 2.75) is 37.3 Å². The molecule has 0 spiro atoms. The average molecular weight is 461 g/mol. The third kappa shape index (κ3) is 5.96. The van der Waals surface area contributed by atoms with Crippen molar-refractivity contribution in [3.05, 3.63) is 69.5 Å². The van der Waals surface area contributed by atoms with Crippen LogP contribution in [0.15, 0.2) is 53.7 Å². The molecule has 0 aliphatic rings. The van der Waals surface area contributed by atoms with Crippen molar-refractivity contribution in [3.8, 4) is 0 Å². The van der Waals surface area contributed by atoms with Crippen LogP contribution in [0, 0.1) is 10.1 Å². The fourth-order valence-electron chi connectivity index (χ4n) is 2.76. The number of nitro groups is 1. The van der Waals surface area contributed by atoms with Crippen molar-refractivity contribution in [2.24, 2.45) is 0 Å². The Morgan fingerprint density at radius 3 is 2.61 bits per heavy atom. The molecule has 0 unspecified atom stereocenters. The van der Waals surface area contributed by atoms with E-state index in [1.54, 1.807) is 13.0 Å². The quantitative estimate of drug-likeness (QED) is 0.272. The number of amides is 1. The first-order chi connectivity index (χ1) is 14.9. The van der Waals surface area contributed by atoms with Crippen LogP contribution in [0.2, 0.25) is 5.02 Å². The van der Waals surface area contributed by atoms with Crippen LogP contribution in [0.1, 0.15) is 19.7 Å². The number of nitrogens with zero attached hydrogens (tertiary/aromatic N) is 4. The van der Waals surface area contributed by atoms with E-state index in [4.69, 9.17) is 11.6 Å². The minimum atomic E-state index is -0.486. The Morgan fingerprint density at radius 2 is 1.97 bits per heavy atom. The second-order valence-electron chi connectivity index (χ2n) is 6.56. The summed E-state index contributed by atoms with van der Waals surface area (Å²) in [7, 11) is 0. The lowest BCUT2D eigenvalue weighted by Crippen LogP contribution is -2.23. The maximum absolute atomic E-state index is 12.5. The molecule has 0 aliphatic carbocycles. The van der Waals surface area contributed by atoms with Gasteiger partial charge in [-0.05, 0) is 44.2 Å². The Balaban J connectivity index is 1.61. The maximum atomic E-state index is 12.5. The van der Waals surface area contributed by atoms with E-state index >= 15 is 0 Å². The third-order valence-corrected chi connectivity index (χ3v) is 5.70. The van der Waals surface area contributed by atoms with Crippen molar-refractivity contribution in [1.82, 2.24) is 14.8 Å². The molecule has 0 fully saturated rings. The average Bonchev–Trinajstić information content (AvgIpc) is 3.14. The summed E-state index contributed by atoms with van der Waals surface area (Å²) in [5, 5.41) is 26.1. The van der Waals surface area contributed by atoms with Gasteiger partial charge in [0.25, 0.3) is 5.69 Å². The Morgan fingerprint density at radius 1 is 1.23 bits per heavy atom. The summed E-state index contributed by atoms with van der Waals surface area (Å²) in [5.74, 6) is 0.510. The van der Waals surface area contributed by atoms with Crippen LogP contribution in [0.3, 0.4) is 0 Å². The number of rotatable bonds is 9. The van der Waals surface area contributed by atoms with Crippen LogP contribution in [-0.2, 0) is 17.9 Å². The number of nitro benzene ring substituents is 1. The molecule has 0 radical (unpaired) electrons.